The van der Waals surface area contributed by atoms with Crippen molar-refractivity contribution in [2.75, 3.05) is 49.1 Å². The molecule has 2 N–H and O–H groups in total. The molecule has 0 aliphatic carbocycles. The van der Waals surface area contributed by atoms with Gasteiger partial charge >= 0.3 is 6.18 Å². The minimum atomic E-state index is -4.55. The van der Waals surface area contributed by atoms with Gasteiger partial charge in [0, 0.05) is 55.1 Å². The third-order valence-electron chi connectivity index (χ3n) is 8.05. The number of aromatic nitrogens is 5. The lowest BCUT2D eigenvalue weighted by Crippen LogP contribution is -2.38. The van der Waals surface area contributed by atoms with E-state index >= 15 is 8.78 Å². The van der Waals surface area contributed by atoms with E-state index in [4.69, 9.17) is 9.47 Å². The number of rotatable bonds is 7. The minimum absolute atomic E-state index is 0.0743. The summed E-state index contributed by atoms with van der Waals surface area (Å²) >= 11 is 0. The van der Waals surface area contributed by atoms with Crippen LogP contribution >= 0.6 is 0 Å². The normalized spacial score (nSPS) is 16.9. The fourth-order valence-corrected chi connectivity index (χ4v) is 5.97. The number of nitrogens with one attached hydrogen (secondary N) is 1. The number of hydrogen-bond donors (Lipinski definition) is 2. The molecule has 0 saturated heterocycles. The Morgan fingerprint density at radius 1 is 1.04 bits per heavy atom. The van der Waals surface area contributed by atoms with E-state index in [0.29, 0.717) is 0 Å². The SMILES string of the molecule is CC(C)(CO)CN1CCCOCC(F)(F)c2ccccc2-c2nc(cnc2-n2ccc(OCC(C)(C)C(F)(F)F)n2)NS(=O)(=O)c2cccc1n2. The number of alkyl halides is 5. The van der Waals surface area contributed by atoms with E-state index in [1.807, 2.05) is 13.8 Å². The van der Waals surface area contributed by atoms with Crippen molar-refractivity contribution in [3.8, 4) is 23.0 Å². The summed E-state index contributed by atoms with van der Waals surface area (Å²) in [5, 5.41) is 13.7. The van der Waals surface area contributed by atoms with Crippen LogP contribution in [0.3, 0.4) is 0 Å². The highest BCUT2D eigenvalue weighted by molar-refractivity contribution is 7.92. The lowest BCUT2D eigenvalue weighted by atomic mass is 9.94. The Morgan fingerprint density at radius 2 is 1.78 bits per heavy atom. The van der Waals surface area contributed by atoms with Crippen LogP contribution < -0.4 is 14.4 Å². The number of aliphatic hydroxyl groups is 1. The van der Waals surface area contributed by atoms with E-state index in [9.17, 15) is 26.7 Å². The standard InChI is InChI=1S/C33H38F5N7O5S/c1-30(2,19-46)18-44-14-8-16-49-21-32(34,35)23-10-6-5-9-22(23)28-29(45-15-13-26(42-45)50-20-31(3,4)33(36,37)38)39-17-24(40-28)43-51(47,48)27-12-7-11-25(44)41-27/h5-7,9-13,15,17,46H,8,14,16,18-21H2,1-4H3,(H,40,43). The zero-order chi connectivity index (χ0) is 37.2. The van der Waals surface area contributed by atoms with E-state index in [1.54, 1.807) is 11.0 Å². The number of nitrogens with zero attached hydrogens (tertiary/aromatic N) is 6. The highest BCUT2D eigenvalue weighted by Crippen LogP contribution is 2.39. The first-order valence-electron chi connectivity index (χ1n) is 15.9. The lowest BCUT2D eigenvalue weighted by Gasteiger charge is -2.32. The lowest BCUT2D eigenvalue weighted by molar-refractivity contribution is -0.219. The van der Waals surface area contributed by atoms with Crippen molar-refractivity contribution < 1.29 is 45.0 Å². The van der Waals surface area contributed by atoms with Crippen molar-refractivity contribution in [3.05, 3.63) is 66.5 Å². The van der Waals surface area contributed by atoms with Gasteiger partial charge in [-0.05, 0) is 32.4 Å². The second-order valence-electron chi connectivity index (χ2n) is 13.5. The minimum Gasteiger partial charge on any atom is -0.476 e. The van der Waals surface area contributed by atoms with Gasteiger partial charge in [-0.15, -0.1) is 5.10 Å². The van der Waals surface area contributed by atoms with Gasteiger partial charge in [-0.2, -0.15) is 30.4 Å². The van der Waals surface area contributed by atoms with E-state index < -0.39 is 51.7 Å². The van der Waals surface area contributed by atoms with Crippen LogP contribution in [-0.4, -0.2) is 84.0 Å². The third kappa shape index (κ3) is 8.73. The van der Waals surface area contributed by atoms with Gasteiger partial charge in [0.2, 0.25) is 5.88 Å². The molecule has 5 rings (SSSR count). The molecule has 0 amide bonds. The molecule has 1 aliphatic heterocycles. The van der Waals surface area contributed by atoms with Crippen molar-refractivity contribution in [3.63, 3.8) is 0 Å². The number of pyridine rings is 1. The quantitative estimate of drug-likeness (QED) is 0.222. The topological polar surface area (TPSA) is 145 Å². The molecule has 0 saturated carbocycles. The Hall–Kier alpha value is -4.42. The molecule has 1 aliphatic rings. The van der Waals surface area contributed by atoms with Gasteiger partial charge in [-0.25, -0.2) is 19.6 Å². The molecule has 0 atom stereocenters. The molecule has 0 spiro atoms. The maximum Gasteiger partial charge on any atom is 0.397 e. The highest BCUT2D eigenvalue weighted by atomic mass is 32.2. The molecule has 0 fully saturated rings. The number of sulfonamides is 1. The highest BCUT2D eigenvalue weighted by Gasteiger charge is 2.48. The Bertz CT molecular complexity index is 1950. The second kappa shape index (κ2) is 14.3. The van der Waals surface area contributed by atoms with Crippen molar-refractivity contribution in [2.24, 2.45) is 10.8 Å². The summed E-state index contributed by atoms with van der Waals surface area (Å²) in [6.07, 6.45) is -1.94. The average molecular weight is 740 g/mol. The molecule has 51 heavy (non-hydrogen) atoms. The zero-order valence-electron chi connectivity index (χ0n) is 28.3. The smallest absolute Gasteiger partial charge is 0.397 e. The van der Waals surface area contributed by atoms with E-state index in [-0.39, 0.29) is 72.3 Å². The molecule has 18 heteroatoms. The van der Waals surface area contributed by atoms with Crippen molar-refractivity contribution in [2.45, 2.75) is 51.2 Å². The van der Waals surface area contributed by atoms with Crippen molar-refractivity contribution in [1.82, 2.24) is 24.7 Å². The Labute approximate surface area is 291 Å². The van der Waals surface area contributed by atoms with Gasteiger partial charge in [0.15, 0.2) is 16.7 Å². The maximum atomic E-state index is 15.9. The van der Waals surface area contributed by atoms with Gasteiger partial charge in [-0.3, -0.25) is 4.72 Å². The van der Waals surface area contributed by atoms with Gasteiger partial charge in [-0.1, -0.05) is 44.2 Å². The fraction of sp³-hybridized carbons (Fsp3) is 0.455. The molecule has 4 aromatic rings. The van der Waals surface area contributed by atoms with Crippen LogP contribution in [0.5, 0.6) is 5.88 Å². The van der Waals surface area contributed by atoms with Gasteiger partial charge < -0.3 is 19.5 Å². The predicted molar refractivity (Wildman–Crippen MR) is 177 cm³/mol. The summed E-state index contributed by atoms with van der Waals surface area (Å²) in [5.41, 5.74) is -3.66. The summed E-state index contributed by atoms with van der Waals surface area (Å²) in [6.45, 7) is 4.10. The molecular formula is C33H38F5N7O5S. The first kappa shape index (κ1) is 37.8. The number of hydrogen-bond acceptors (Lipinski definition) is 10. The van der Waals surface area contributed by atoms with Crippen LogP contribution in [0.25, 0.3) is 17.1 Å². The first-order chi connectivity index (χ1) is 23.8. The summed E-state index contributed by atoms with van der Waals surface area (Å²) in [7, 11) is -4.42. The van der Waals surface area contributed by atoms with Crippen molar-refractivity contribution in [1.29, 1.82) is 0 Å². The van der Waals surface area contributed by atoms with Crippen LogP contribution in [-0.2, 0) is 20.7 Å². The summed E-state index contributed by atoms with van der Waals surface area (Å²) in [6, 6.07) is 11.1. The molecule has 1 aromatic carbocycles. The Morgan fingerprint density at radius 3 is 2.51 bits per heavy atom. The van der Waals surface area contributed by atoms with Gasteiger partial charge in [0.25, 0.3) is 15.9 Å². The zero-order valence-corrected chi connectivity index (χ0v) is 29.1. The molecule has 4 bridgehead atoms. The summed E-state index contributed by atoms with van der Waals surface area (Å²) < 4.78 is 114. The Kier molecular flexibility index (Phi) is 10.6. The van der Waals surface area contributed by atoms with Crippen LogP contribution in [0.4, 0.5) is 33.6 Å². The number of anilines is 2. The second-order valence-corrected chi connectivity index (χ2v) is 15.2. The van der Waals surface area contributed by atoms with E-state index in [0.717, 1.165) is 24.7 Å². The molecule has 0 unspecified atom stereocenters. The number of halogens is 5. The first-order valence-corrected chi connectivity index (χ1v) is 17.3. The largest absolute Gasteiger partial charge is 0.476 e. The molecule has 0 radical (unpaired) electrons. The van der Waals surface area contributed by atoms with E-state index in [2.05, 4.69) is 24.8 Å². The number of fused-ring (bicyclic) bond motifs is 6. The van der Waals surface area contributed by atoms with E-state index in [1.165, 1.54) is 48.7 Å². The van der Waals surface area contributed by atoms with Gasteiger partial charge in [0.1, 0.15) is 24.7 Å². The molecular weight excluding hydrogens is 701 g/mol. The number of aliphatic hydroxyl groups excluding tert-OH is 1. The molecule has 276 valence electrons. The summed E-state index contributed by atoms with van der Waals surface area (Å²) in [5.74, 6) is -3.97. The maximum absolute atomic E-state index is 15.9. The Balaban J connectivity index is 1.60. The monoisotopic (exact) mass is 739 g/mol. The van der Waals surface area contributed by atoms with Crippen LogP contribution in [0.1, 0.15) is 39.7 Å². The van der Waals surface area contributed by atoms with Crippen LogP contribution in [0, 0.1) is 10.8 Å². The third-order valence-corrected chi connectivity index (χ3v) is 9.31. The summed E-state index contributed by atoms with van der Waals surface area (Å²) in [4.78, 5) is 14.8. The fourth-order valence-electron chi connectivity index (χ4n) is 5.02. The molecule has 3 aromatic heterocycles. The van der Waals surface area contributed by atoms with Gasteiger partial charge in [0.05, 0.1) is 11.6 Å². The predicted octanol–water partition coefficient (Wildman–Crippen LogP) is 5.83. The number of benzene rings is 1. The molecule has 4 heterocycles. The van der Waals surface area contributed by atoms with Crippen LogP contribution in [0.15, 0.2) is 66.0 Å². The van der Waals surface area contributed by atoms with Crippen molar-refractivity contribution >= 4 is 21.7 Å². The molecule has 12 nitrogen and oxygen atoms in total. The number of ether oxygens (including phenoxy) is 2. The average Bonchev–Trinajstić information content (AvgIpc) is 3.54. The van der Waals surface area contributed by atoms with Crippen LogP contribution in [0.2, 0.25) is 0 Å².